The predicted octanol–water partition coefficient (Wildman–Crippen LogP) is 3.33. The molecule has 0 unspecified atom stereocenters. The van der Waals surface area contributed by atoms with Gasteiger partial charge < -0.3 is 5.32 Å². The van der Waals surface area contributed by atoms with Gasteiger partial charge in [-0.3, -0.25) is 0 Å². The highest BCUT2D eigenvalue weighted by Gasteiger charge is 2.35. The van der Waals surface area contributed by atoms with Crippen molar-refractivity contribution in [2.45, 2.75) is 24.9 Å². The summed E-state index contributed by atoms with van der Waals surface area (Å²) in [6.45, 7) is 1.67. The third-order valence-corrected chi connectivity index (χ3v) is 3.53. The second-order valence-corrected chi connectivity index (χ2v) is 4.94. The zero-order chi connectivity index (χ0) is 12.5. The van der Waals surface area contributed by atoms with Crippen molar-refractivity contribution in [1.82, 2.24) is 10.3 Å². The minimum atomic E-state index is -4.40. The molecule has 0 saturated carbocycles. The van der Waals surface area contributed by atoms with Gasteiger partial charge in [0.2, 0.25) is 0 Å². The van der Waals surface area contributed by atoms with Gasteiger partial charge in [0.25, 0.3) is 0 Å². The summed E-state index contributed by atoms with van der Waals surface area (Å²) in [5.41, 5.74) is -0.282. The second kappa shape index (κ2) is 4.94. The Hall–Kier alpha value is -0.620. The molecule has 1 aromatic heterocycles. The average molecular weight is 309 g/mol. The molecule has 94 valence electrons. The maximum atomic E-state index is 12.7. The van der Waals surface area contributed by atoms with Gasteiger partial charge in [-0.2, -0.15) is 13.2 Å². The summed E-state index contributed by atoms with van der Waals surface area (Å²) in [7, 11) is 0. The number of piperidine rings is 1. The van der Waals surface area contributed by atoms with Crippen LogP contribution in [-0.4, -0.2) is 18.1 Å². The summed E-state index contributed by atoms with van der Waals surface area (Å²) in [5.74, 6) is 0.130. The number of nitrogens with zero attached hydrogens (tertiary/aromatic N) is 1. The van der Waals surface area contributed by atoms with E-state index in [2.05, 4.69) is 26.2 Å². The van der Waals surface area contributed by atoms with Crippen molar-refractivity contribution in [3.63, 3.8) is 0 Å². The van der Waals surface area contributed by atoms with Crippen molar-refractivity contribution in [1.29, 1.82) is 0 Å². The van der Waals surface area contributed by atoms with E-state index >= 15 is 0 Å². The maximum Gasteiger partial charge on any atom is 0.434 e. The van der Waals surface area contributed by atoms with Gasteiger partial charge in [0, 0.05) is 16.1 Å². The number of pyridine rings is 1. The molecule has 0 atom stereocenters. The van der Waals surface area contributed by atoms with E-state index in [0.717, 1.165) is 25.9 Å². The molecule has 0 aliphatic carbocycles. The SMILES string of the molecule is FC(F)(F)c1nc(C2CCNCC2)ccc1Br. The van der Waals surface area contributed by atoms with Crippen molar-refractivity contribution in [3.8, 4) is 0 Å². The fourth-order valence-corrected chi connectivity index (χ4v) is 2.45. The average Bonchev–Trinajstić information content (AvgIpc) is 2.29. The third kappa shape index (κ3) is 2.98. The Labute approximate surface area is 106 Å². The minimum absolute atomic E-state index is 0.00249. The molecule has 0 radical (unpaired) electrons. The van der Waals surface area contributed by atoms with Crippen LogP contribution in [0.4, 0.5) is 13.2 Å². The van der Waals surface area contributed by atoms with Gasteiger partial charge in [-0.15, -0.1) is 0 Å². The lowest BCUT2D eigenvalue weighted by Crippen LogP contribution is -2.27. The molecule has 0 bridgehead atoms. The fraction of sp³-hybridized carbons (Fsp3) is 0.545. The van der Waals surface area contributed by atoms with E-state index < -0.39 is 11.9 Å². The van der Waals surface area contributed by atoms with Gasteiger partial charge in [-0.1, -0.05) is 0 Å². The molecule has 2 rings (SSSR count). The van der Waals surface area contributed by atoms with Crippen LogP contribution >= 0.6 is 15.9 Å². The fourth-order valence-electron chi connectivity index (χ4n) is 2.00. The first-order valence-electron chi connectivity index (χ1n) is 5.43. The highest BCUT2D eigenvalue weighted by Crippen LogP contribution is 2.35. The van der Waals surface area contributed by atoms with Crippen LogP contribution in [0.2, 0.25) is 0 Å². The Morgan fingerprint density at radius 2 is 1.88 bits per heavy atom. The Kier molecular flexibility index (Phi) is 3.73. The summed E-state index contributed by atoms with van der Waals surface area (Å²) in [6, 6.07) is 3.11. The zero-order valence-corrected chi connectivity index (χ0v) is 10.6. The van der Waals surface area contributed by atoms with Crippen LogP contribution in [0.1, 0.15) is 30.1 Å². The van der Waals surface area contributed by atoms with Gasteiger partial charge in [0.1, 0.15) is 0 Å². The van der Waals surface area contributed by atoms with Gasteiger partial charge in [-0.25, -0.2) is 4.98 Å². The standard InChI is InChI=1S/C11H12BrF3N2/c12-8-1-2-9(7-3-5-16-6-4-7)17-10(8)11(13,14)15/h1-2,7,16H,3-6H2. The Morgan fingerprint density at radius 1 is 1.24 bits per heavy atom. The first kappa shape index (κ1) is 12.8. The van der Waals surface area contributed by atoms with E-state index in [-0.39, 0.29) is 10.4 Å². The molecule has 1 saturated heterocycles. The van der Waals surface area contributed by atoms with Crippen molar-refractivity contribution >= 4 is 15.9 Å². The largest absolute Gasteiger partial charge is 0.434 e. The second-order valence-electron chi connectivity index (χ2n) is 4.09. The number of hydrogen-bond donors (Lipinski definition) is 1. The van der Waals surface area contributed by atoms with Crippen LogP contribution < -0.4 is 5.32 Å². The van der Waals surface area contributed by atoms with Gasteiger partial charge in [0.15, 0.2) is 5.69 Å². The van der Waals surface area contributed by atoms with Crippen LogP contribution in [0, 0.1) is 0 Å². The summed E-state index contributed by atoms with van der Waals surface area (Å²) < 4.78 is 38.1. The molecule has 0 aromatic carbocycles. The van der Waals surface area contributed by atoms with E-state index in [1.807, 2.05) is 0 Å². The number of alkyl halides is 3. The molecule has 0 spiro atoms. The van der Waals surface area contributed by atoms with Crippen molar-refractivity contribution < 1.29 is 13.2 Å². The number of halogens is 4. The molecular formula is C11H12BrF3N2. The van der Waals surface area contributed by atoms with Gasteiger partial charge in [0.05, 0.1) is 0 Å². The summed E-state index contributed by atoms with van der Waals surface area (Å²) in [6.07, 6.45) is -2.72. The van der Waals surface area contributed by atoms with Crippen molar-refractivity contribution in [2.24, 2.45) is 0 Å². The molecule has 2 heterocycles. The van der Waals surface area contributed by atoms with Crippen molar-refractivity contribution in [3.05, 3.63) is 28.0 Å². The molecule has 17 heavy (non-hydrogen) atoms. The first-order valence-corrected chi connectivity index (χ1v) is 6.22. The van der Waals surface area contributed by atoms with E-state index in [1.165, 1.54) is 6.07 Å². The van der Waals surface area contributed by atoms with E-state index in [0.29, 0.717) is 5.69 Å². The third-order valence-electron chi connectivity index (χ3n) is 2.89. The quantitative estimate of drug-likeness (QED) is 0.861. The Bertz CT molecular complexity index is 400. The lowest BCUT2D eigenvalue weighted by atomic mass is 9.94. The normalized spacial score (nSPS) is 18.4. The summed E-state index contributed by atoms with van der Waals surface area (Å²) >= 11 is 2.90. The predicted molar refractivity (Wildman–Crippen MR) is 61.8 cm³/mol. The molecular weight excluding hydrogens is 297 g/mol. The highest BCUT2D eigenvalue weighted by atomic mass is 79.9. The molecule has 1 N–H and O–H groups in total. The summed E-state index contributed by atoms with van der Waals surface area (Å²) in [5, 5.41) is 3.18. The molecule has 1 aliphatic heterocycles. The summed E-state index contributed by atoms with van der Waals surface area (Å²) in [4.78, 5) is 3.77. The number of hydrogen-bond acceptors (Lipinski definition) is 2. The smallest absolute Gasteiger partial charge is 0.317 e. The van der Waals surface area contributed by atoms with Crippen molar-refractivity contribution in [2.75, 3.05) is 13.1 Å². The maximum absolute atomic E-state index is 12.7. The molecule has 1 fully saturated rings. The molecule has 1 aliphatic rings. The molecule has 2 nitrogen and oxygen atoms in total. The van der Waals surface area contributed by atoms with E-state index in [9.17, 15) is 13.2 Å². The highest BCUT2D eigenvalue weighted by molar-refractivity contribution is 9.10. The number of aromatic nitrogens is 1. The van der Waals surface area contributed by atoms with E-state index in [4.69, 9.17) is 0 Å². The van der Waals surface area contributed by atoms with Crippen LogP contribution in [0.5, 0.6) is 0 Å². The number of nitrogens with one attached hydrogen (secondary N) is 1. The lowest BCUT2D eigenvalue weighted by Gasteiger charge is -2.23. The molecule has 0 amide bonds. The van der Waals surface area contributed by atoms with Crippen LogP contribution in [-0.2, 0) is 6.18 Å². The van der Waals surface area contributed by atoms with E-state index in [1.54, 1.807) is 6.07 Å². The van der Waals surface area contributed by atoms with Crippen LogP contribution in [0.3, 0.4) is 0 Å². The topological polar surface area (TPSA) is 24.9 Å². The van der Waals surface area contributed by atoms with Gasteiger partial charge >= 0.3 is 6.18 Å². The Morgan fingerprint density at radius 3 is 2.47 bits per heavy atom. The zero-order valence-electron chi connectivity index (χ0n) is 9.02. The van der Waals surface area contributed by atoms with Crippen LogP contribution in [0.25, 0.3) is 0 Å². The minimum Gasteiger partial charge on any atom is -0.317 e. The van der Waals surface area contributed by atoms with Crippen LogP contribution in [0.15, 0.2) is 16.6 Å². The number of rotatable bonds is 1. The Balaban J connectivity index is 2.30. The molecule has 6 heteroatoms. The molecule has 1 aromatic rings. The monoisotopic (exact) mass is 308 g/mol. The van der Waals surface area contributed by atoms with Gasteiger partial charge in [-0.05, 0) is 54.0 Å². The first-order chi connectivity index (χ1) is 7.98. The lowest BCUT2D eigenvalue weighted by molar-refractivity contribution is -0.141.